The fourth-order valence-corrected chi connectivity index (χ4v) is 3.27. The van der Waals surface area contributed by atoms with Crippen molar-refractivity contribution in [2.24, 2.45) is 0 Å². The standard InChI is InChI=1S/C19H18I2O6/c1-24-12-27-13(10-25-18(22)14-6-2-4-8-16(14)20)11-26-19(23)15-7-3-5-9-17(15)21/h2-9,13H,10-12H2,1H3. The highest BCUT2D eigenvalue weighted by atomic mass is 127. The van der Waals surface area contributed by atoms with Crippen LogP contribution in [-0.2, 0) is 18.9 Å². The molecule has 8 heteroatoms. The number of methoxy groups -OCH3 is 1. The van der Waals surface area contributed by atoms with Crippen molar-refractivity contribution >= 4 is 57.1 Å². The minimum absolute atomic E-state index is 0.00842. The molecule has 0 aliphatic rings. The zero-order valence-electron chi connectivity index (χ0n) is 14.5. The second kappa shape index (κ2) is 11.6. The Balaban J connectivity index is 1.92. The molecule has 0 fully saturated rings. The van der Waals surface area contributed by atoms with Gasteiger partial charge in [-0.05, 0) is 69.4 Å². The third-order valence-electron chi connectivity index (χ3n) is 3.41. The van der Waals surface area contributed by atoms with Crippen LogP contribution in [0.25, 0.3) is 0 Å². The van der Waals surface area contributed by atoms with Crippen LogP contribution in [0.15, 0.2) is 48.5 Å². The molecule has 0 aromatic heterocycles. The number of hydrogen-bond donors (Lipinski definition) is 0. The summed E-state index contributed by atoms with van der Waals surface area (Å²) in [6.07, 6.45) is -0.638. The highest BCUT2D eigenvalue weighted by Crippen LogP contribution is 2.14. The van der Waals surface area contributed by atoms with Gasteiger partial charge in [0.05, 0.1) is 11.1 Å². The molecule has 0 radical (unpaired) electrons. The SMILES string of the molecule is COCOC(COC(=O)c1ccccc1I)COC(=O)c1ccccc1I. The van der Waals surface area contributed by atoms with Crippen LogP contribution in [0.2, 0.25) is 0 Å². The van der Waals surface area contributed by atoms with Gasteiger partial charge in [0.2, 0.25) is 0 Å². The number of rotatable bonds is 9. The topological polar surface area (TPSA) is 71.1 Å². The molecule has 0 unspecified atom stereocenters. The molecule has 0 atom stereocenters. The summed E-state index contributed by atoms with van der Waals surface area (Å²) in [6.45, 7) is -0.135. The van der Waals surface area contributed by atoms with Crippen molar-refractivity contribution in [1.82, 2.24) is 0 Å². The molecule has 2 aromatic rings. The summed E-state index contributed by atoms with van der Waals surface area (Å²) < 4.78 is 22.5. The molecule has 0 N–H and O–H groups in total. The minimum Gasteiger partial charge on any atom is -0.459 e. The maximum atomic E-state index is 12.2. The van der Waals surface area contributed by atoms with Crippen LogP contribution in [0.5, 0.6) is 0 Å². The average molecular weight is 596 g/mol. The molecule has 0 heterocycles. The van der Waals surface area contributed by atoms with Crippen LogP contribution in [0.4, 0.5) is 0 Å². The van der Waals surface area contributed by atoms with Gasteiger partial charge in [-0.3, -0.25) is 0 Å². The molecule has 2 aromatic carbocycles. The molecule has 0 saturated carbocycles. The molecule has 0 amide bonds. The molecular weight excluding hydrogens is 578 g/mol. The summed E-state index contributed by atoms with van der Waals surface area (Å²) >= 11 is 4.14. The van der Waals surface area contributed by atoms with Crippen molar-refractivity contribution in [3.8, 4) is 0 Å². The van der Waals surface area contributed by atoms with Crippen molar-refractivity contribution in [3.63, 3.8) is 0 Å². The molecule has 0 spiro atoms. The lowest BCUT2D eigenvalue weighted by Crippen LogP contribution is -2.29. The first kappa shape index (κ1) is 22.1. The van der Waals surface area contributed by atoms with Gasteiger partial charge in [-0.1, -0.05) is 24.3 Å². The molecule has 0 aliphatic carbocycles. The fourth-order valence-electron chi connectivity index (χ4n) is 2.05. The largest absolute Gasteiger partial charge is 0.459 e. The smallest absolute Gasteiger partial charge is 0.339 e. The van der Waals surface area contributed by atoms with Gasteiger partial charge in [-0.2, -0.15) is 0 Å². The number of carbonyl (C=O) groups excluding carboxylic acids is 2. The van der Waals surface area contributed by atoms with Gasteiger partial charge >= 0.3 is 11.9 Å². The third-order valence-corrected chi connectivity index (χ3v) is 5.29. The minimum atomic E-state index is -0.638. The first-order chi connectivity index (χ1) is 13.0. The van der Waals surface area contributed by atoms with Crippen molar-refractivity contribution < 1.29 is 28.5 Å². The van der Waals surface area contributed by atoms with E-state index in [2.05, 4.69) is 45.2 Å². The van der Waals surface area contributed by atoms with E-state index in [4.69, 9.17) is 18.9 Å². The normalized spacial score (nSPS) is 10.7. The predicted octanol–water partition coefficient (Wildman–Crippen LogP) is 3.90. The van der Waals surface area contributed by atoms with E-state index in [0.29, 0.717) is 11.1 Å². The Labute approximate surface area is 184 Å². The van der Waals surface area contributed by atoms with Crippen molar-refractivity contribution in [3.05, 3.63) is 66.8 Å². The summed E-state index contributed by atoms with van der Waals surface area (Å²) in [5.74, 6) is -0.926. The molecule has 6 nitrogen and oxygen atoms in total. The van der Waals surface area contributed by atoms with Crippen LogP contribution < -0.4 is 0 Å². The van der Waals surface area contributed by atoms with E-state index in [1.807, 2.05) is 24.3 Å². The molecule has 144 valence electrons. The summed E-state index contributed by atoms with van der Waals surface area (Å²) in [7, 11) is 1.48. The molecule has 0 saturated heterocycles. The molecular formula is C19H18I2O6. The molecule has 2 rings (SSSR count). The Bertz CT molecular complexity index is 719. The van der Waals surface area contributed by atoms with E-state index in [1.165, 1.54) is 7.11 Å². The first-order valence-corrected chi connectivity index (χ1v) is 10.1. The van der Waals surface area contributed by atoms with Crippen LogP contribution in [-0.4, -0.2) is 45.2 Å². The van der Waals surface area contributed by atoms with Crippen molar-refractivity contribution in [1.29, 1.82) is 0 Å². The highest BCUT2D eigenvalue weighted by molar-refractivity contribution is 14.1. The first-order valence-electron chi connectivity index (χ1n) is 7.96. The van der Waals surface area contributed by atoms with Crippen LogP contribution >= 0.6 is 45.2 Å². The number of esters is 2. The Morgan fingerprint density at radius 1 is 0.852 bits per heavy atom. The van der Waals surface area contributed by atoms with Crippen molar-refractivity contribution in [2.45, 2.75) is 6.10 Å². The van der Waals surface area contributed by atoms with Gasteiger partial charge in [-0.15, -0.1) is 0 Å². The lowest BCUT2D eigenvalue weighted by molar-refractivity contribution is -0.106. The zero-order valence-corrected chi connectivity index (χ0v) is 18.8. The fraction of sp³-hybridized carbons (Fsp3) is 0.263. The predicted molar refractivity (Wildman–Crippen MR) is 116 cm³/mol. The van der Waals surface area contributed by atoms with E-state index in [-0.39, 0.29) is 20.0 Å². The van der Waals surface area contributed by atoms with E-state index < -0.39 is 18.0 Å². The summed E-state index contributed by atoms with van der Waals surface area (Å²) in [5.41, 5.74) is 0.943. The maximum absolute atomic E-state index is 12.2. The van der Waals surface area contributed by atoms with Crippen molar-refractivity contribution in [2.75, 3.05) is 27.1 Å². The van der Waals surface area contributed by atoms with E-state index >= 15 is 0 Å². The second-order valence-corrected chi connectivity index (χ2v) is 7.68. The lowest BCUT2D eigenvalue weighted by atomic mass is 10.2. The number of halogens is 2. The lowest BCUT2D eigenvalue weighted by Gasteiger charge is -2.18. The Morgan fingerprint density at radius 3 is 1.70 bits per heavy atom. The summed E-state index contributed by atoms with van der Waals surface area (Å²) in [6, 6.07) is 14.2. The number of carbonyl (C=O) groups is 2. The third kappa shape index (κ3) is 7.01. The average Bonchev–Trinajstić information content (AvgIpc) is 2.67. The van der Waals surface area contributed by atoms with E-state index in [0.717, 1.165) is 7.14 Å². The quantitative estimate of drug-likeness (QED) is 0.249. The summed E-state index contributed by atoms with van der Waals surface area (Å²) in [4.78, 5) is 24.5. The Hall–Kier alpha value is -1.24. The van der Waals surface area contributed by atoms with Gasteiger partial charge < -0.3 is 18.9 Å². The Kier molecular flexibility index (Phi) is 9.45. The highest BCUT2D eigenvalue weighted by Gasteiger charge is 2.19. The Morgan fingerprint density at radius 2 is 1.30 bits per heavy atom. The molecule has 27 heavy (non-hydrogen) atoms. The monoisotopic (exact) mass is 596 g/mol. The molecule has 0 bridgehead atoms. The number of ether oxygens (including phenoxy) is 4. The molecule has 0 aliphatic heterocycles. The second-order valence-electron chi connectivity index (χ2n) is 5.35. The van der Waals surface area contributed by atoms with Crippen LogP contribution in [0, 0.1) is 7.14 Å². The van der Waals surface area contributed by atoms with Gasteiger partial charge in [0.25, 0.3) is 0 Å². The maximum Gasteiger partial charge on any atom is 0.339 e. The van der Waals surface area contributed by atoms with Gasteiger partial charge in [0.1, 0.15) is 26.1 Å². The van der Waals surface area contributed by atoms with E-state index in [9.17, 15) is 9.59 Å². The number of benzene rings is 2. The number of hydrogen-bond acceptors (Lipinski definition) is 6. The van der Waals surface area contributed by atoms with E-state index in [1.54, 1.807) is 24.3 Å². The zero-order chi connectivity index (χ0) is 19.6. The van der Waals surface area contributed by atoms with Crippen LogP contribution in [0.1, 0.15) is 20.7 Å². The van der Waals surface area contributed by atoms with Gasteiger partial charge in [-0.25, -0.2) is 9.59 Å². The van der Waals surface area contributed by atoms with Crippen LogP contribution in [0.3, 0.4) is 0 Å². The van der Waals surface area contributed by atoms with Gasteiger partial charge in [0, 0.05) is 14.3 Å². The summed E-state index contributed by atoms with van der Waals surface area (Å²) in [5, 5.41) is 0. The van der Waals surface area contributed by atoms with Gasteiger partial charge in [0.15, 0.2) is 0 Å².